The molecule has 0 aromatic rings. The fraction of sp³-hybridized carbons (Fsp3) is 1.00. The quantitative estimate of drug-likeness (QED) is 0.734. The molecule has 114 valence electrons. The lowest BCUT2D eigenvalue weighted by atomic mass is 9.76. The second-order valence-corrected chi connectivity index (χ2v) is 6.42. The van der Waals surface area contributed by atoms with Crippen LogP contribution in [0.5, 0.6) is 0 Å². The van der Waals surface area contributed by atoms with Gasteiger partial charge in [0.05, 0.1) is 6.61 Å². The molecule has 0 heterocycles. The number of methoxy groups -OCH3 is 1. The molecule has 0 spiro atoms. The summed E-state index contributed by atoms with van der Waals surface area (Å²) >= 11 is 0. The summed E-state index contributed by atoms with van der Waals surface area (Å²) in [5.41, 5.74) is 0. The van der Waals surface area contributed by atoms with Gasteiger partial charge in [0.15, 0.2) is 0 Å². The van der Waals surface area contributed by atoms with Gasteiger partial charge >= 0.3 is 0 Å². The zero-order valence-electron chi connectivity index (χ0n) is 13.6. The highest BCUT2D eigenvalue weighted by atomic mass is 16.5. The fourth-order valence-electron chi connectivity index (χ4n) is 3.24. The topological polar surface area (TPSA) is 24.5 Å². The maximum atomic E-state index is 5.23. The van der Waals surface area contributed by atoms with Crippen LogP contribution in [-0.2, 0) is 4.74 Å². The van der Waals surface area contributed by atoms with Crippen molar-refractivity contribution in [1.29, 1.82) is 0 Å². The van der Waals surface area contributed by atoms with Gasteiger partial charge in [-0.1, -0.05) is 20.8 Å². The zero-order valence-corrected chi connectivity index (χ0v) is 13.6. The molecule has 0 bridgehead atoms. The van der Waals surface area contributed by atoms with Crippen LogP contribution in [0.1, 0.15) is 46.5 Å². The van der Waals surface area contributed by atoms with Crippen LogP contribution in [0.25, 0.3) is 0 Å². The molecule has 0 amide bonds. The van der Waals surface area contributed by atoms with Gasteiger partial charge in [0.1, 0.15) is 0 Å². The van der Waals surface area contributed by atoms with Gasteiger partial charge in [-0.2, -0.15) is 0 Å². The van der Waals surface area contributed by atoms with Crippen LogP contribution in [0, 0.1) is 11.8 Å². The summed E-state index contributed by atoms with van der Waals surface area (Å²) in [6, 6.07) is 1.33. The number of nitrogens with one attached hydrogen (secondary N) is 1. The molecule has 1 saturated carbocycles. The number of hydrogen-bond donors (Lipinski definition) is 1. The normalized spacial score (nSPS) is 28.3. The Kier molecular flexibility index (Phi) is 7.96. The van der Waals surface area contributed by atoms with E-state index in [1.54, 1.807) is 7.11 Å². The second-order valence-electron chi connectivity index (χ2n) is 6.42. The van der Waals surface area contributed by atoms with E-state index >= 15 is 0 Å². The molecule has 0 aromatic heterocycles. The first-order valence-electron chi connectivity index (χ1n) is 8.02. The smallest absolute Gasteiger partial charge is 0.0589 e. The molecule has 1 N–H and O–H groups in total. The summed E-state index contributed by atoms with van der Waals surface area (Å²) < 4.78 is 5.23. The summed E-state index contributed by atoms with van der Waals surface area (Å²) in [5.74, 6) is 1.69. The second kappa shape index (κ2) is 8.93. The highest BCUT2D eigenvalue weighted by Gasteiger charge is 2.33. The number of hydrogen-bond acceptors (Lipinski definition) is 3. The van der Waals surface area contributed by atoms with Gasteiger partial charge < -0.3 is 10.1 Å². The Bertz CT molecular complexity index is 233. The Morgan fingerprint density at radius 1 is 1.32 bits per heavy atom. The van der Waals surface area contributed by atoms with Crippen molar-refractivity contribution in [2.75, 3.05) is 33.9 Å². The minimum absolute atomic E-state index is 0.664. The van der Waals surface area contributed by atoms with Crippen LogP contribution in [0.15, 0.2) is 0 Å². The molecule has 0 radical (unpaired) electrons. The van der Waals surface area contributed by atoms with E-state index < -0.39 is 0 Å². The SMILES string of the molecule is CCCNC1CCC(C(C)C)CC1N(C)CCOC. The average Bonchev–Trinajstić information content (AvgIpc) is 2.42. The van der Waals surface area contributed by atoms with Crippen molar-refractivity contribution in [2.24, 2.45) is 11.8 Å². The van der Waals surface area contributed by atoms with Crippen molar-refractivity contribution in [3.63, 3.8) is 0 Å². The first-order chi connectivity index (χ1) is 9.10. The minimum Gasteiger partial charge on any atom is -0.383 e. The number of rotatable bonds is 8. The largest absolute Gasteiger partial charge is 0.383 e. The molecular weight excluding hydrogens is 236 g/mol. The van der Waals surface area contributed by atoms with Crippen molar-refractivity contribution >= 4 is 0 Å². The Labute approximate surface area is 120 Å². The lowest BCUT2D eigenvalue weighted by molar-refractivity contribution is 0.0772. The summed E-state index contributed by atoms with van der Waals surface area (Å²) in [6.45, 7) is 10.0. The molecular formula is C16H34N2O. The molecule has 0 saturated heterocycles. The standard InChI is InChI=1S/C16H34N2O/c1-6-9-17-15-8-7-14(13(2)3)12-16(15)18(4)10-11-19-5/h13-17H,6-12H2,1-5H3. The van der Waals surface area contributed by atoms with E-state index in [0.717, 1.165) is 31.5 Å². The van der Waals surface area contributed by atoms with Crippen LogP contribution in [0.2, 0.25) is 0 Å². The third-order valence-electron chi connectivity index (χ3n) is 4.67. The van der Waals surface area contributed by atoms with Gasteiger partial charge in [-0.15, -0.1) is 0 Å². The lowest BCUT2D eigenvalue weighted by Crippen LogP contribution is -2.53. The monoisotopic (exact) mass is 270 g/mol. The Balaban J connectivity index is 2.58. The van der Waals surface area contributed by atoms with Crippen LogP contribution in [0.3, 0.4) is 0 Å². The van der Waals surface area contributed by atoms with E-state index in [1.807, 2.05) is 0 Å². The van der Waals surface area contributed by atoms with Crippen molar-refractivity contribution in [2.45, 2.75) is 58.5 Å². The number of likely N-dealkylation sites (N-methyl/N-ethyl adjacent to an activating group) is 1. The van der Waals surface area contributed by atoms with E-state index in [0.29, 0.717) is 12.1 Å². The molecule has 3 atom stereocenters. The van der Waals surface area contributed by atoms with E-state index in [9.17, 15) is 0 Å². The summed E-state index contributed by atoms with van der Waals surface area (Å²) in [5, 5.41) is 3.76. The Hall–Kier alpha value is -0.120. The maximum Gasteiger partial charge on any atom is 0.0589 e. The molecule has 1 aliphatic carbocycles. The molecule has 0 aromatic carbocycles. The summed E-state index contributed by atoms with van der Waals surface area (Å²) in [6.07, 6.45) is 5.26. The molecule has 1 rings (SSSR count). The summed E-state index contributed by atoms with van der Waals surface area (Å²) in [7, 11) is 4.05. The third-order valence-corrected chi connectivity index (χ3v) is 4.67. The number of ether oxygens (including phenoxy) is 1. The van der Waals surface area contributed by atoms with Crippen LogP contribution in [0.4, 0.5) is 0 Å². The van der Waals surface area contributed by atoms with E-state index in [1.165, 1.54) is 25.7 Å². The Morgan fingerprint density at radius 3 is 2.63 bits per heavy atom. The van der Waals surface area contributed by atoms with Gasteiger partial charge in [0.25, 0.3) is 0 Å². The van der Waals surface area contributed by atoms with Crippen molar-refractivity contribution in [3.05, 3.63) is 0 Å². The minimum atomic E-state index is 0.664. The average molecular weight is 270 g/mol. The molecule has 3 heteroatoms. The van der Waals surface area contributed by atoms with Crippen molar-refractivity contribution < 1.29 is 4.74 Å². The zero-order chi connectivity index (χ0) is 14.3. The van der Waals surface area contributed by atoms with Gasteiger partial charge in [0, 0.05) is 25.7 Å². The molecule has 0 aliphatic heterocycles. The predicted octanol–water partition coefficient (Wildman–Crippen LogP) is 2.76. The van der Waals surface area contributed by atoms with Gasteiger partial charge in [0.2, 0.25) is 0 Å². The van der Waals surface area contributed by atoms with Gasteiger partial charge in [-0.25, -0.2) is 0 Å². The third kappa shape index (κ3) is 5.41. The molecule has 1 fully saturated rings. The van der Waals surface area contributed by atoms with Crippen molar-refractivity contribution in [1.82, 2.24) is 10.2 Å². The predicted molar refractivity (Wildman–Crippen MR) is 82.6 cm³/mol. The molecule has 3 nitrogen and oxygen atoms in total. The van der Waals surface area contributed by atoms with Gasteiger partial charge in [-0.3, -0.25) is 4.90 Å². The van der Waals surface area contributed by atoms with E-state index in [4.69, 9.17) is 4.74 Å². The first kappa shape index (κ1) is 16.9. The number of nitrogens with zero attached hydrogens (tertiary/aromatic N) is 1. The van der Waals surface area contributed by atoms with Crippen LogP contribution in [-0.4, -0.2) is 50.8 Å². The fourth-order valence-corrected chi connectivity index (χ4v) is 3.24. The lowest BCUT2D eigenvalue weighted by Gasteiger charge is -2.43. The molecule has 3 unspecified atom stereocenters. The first-order valence-corrected chi connectivity index (χ1v) is 8.02. The van der Waals surface area contributed by atoms with E-state index in [-0.39, 0.29) is 0 Å². The summed E-state index contributed by atoms with van der Waals surface area (Å²) in [4.78, 5) is 2.51. The highest BCUT2D eigenvalue weighted by Crippen LogP contribution is 2.32. The van der Waals surface area contributed by atoms with Crippen LogP contribution < -0.4 is 5.32 Å². The van der Waals surface area contributed by atoms with Crippen molar-refractivity contribution in [3.8, 4) is 0 Å². The van der Waals surface area contributed by atoms with E-state index in [2.05, 4.69) is 38.0 Å². The Morgan fingerprint density at radius 2 is 2.05 bits per heavy atom. The molecule has 19 heavy (non-hydrogen) atoms. The van der Waals surface area contributed by atoms with Gasteiger partial charge in [-0.05, 0) is 51.1 Å². The maximum absolute atomic E-state index is 5.23. The van der Waals surface area contributed by atoms with Crippen LogP contribution >= 0.6 is 0 Å². The molecule has 1 aliphatic rings. The highest BCUT2D eigenvalue weighted by molar-refractivity contribution is 4.91.